The molecule has 0 spiro atoms. The molecular weight excluding hydrogens is 396 g/mol. The molecule has 164 valence electrons. The SMILES string of the molecule is CCCOc1ccc(C(=O)N2CCNC(=O)[C@H]2CC(=O)OCCc2ccccc2)cc1. The first-order chi connectivity index (χ1) is 15.1. The molecule has 1 fully saturated rings. The van der Waals surface area contributed by atoms with Gasteiger partial charge in [-0.2, -0.15) is 0 Å². The first-order valence-corrected chi connectivity index (χ1v) is 10.6. The van der Waals surface area contributed by atoms with E-state index in [1.807, 2.05) is 37.3 Å². The second-order valence-electron chi connectivity index (χ2n) is 7.34. The molecule has 0 bridgehead atoms. The van der Waals surface area contributed by atoms with Gasteiger partial charge in [0.25, 0.3) is 5.91 Å². The van der Waals surface area contributed by atoms with Crippen LogP contribution in [0.25, 0.3) is 0 Å². The van der Waals surface area contributed by atoms with Gasteiger partial charge in [-0.25, -0.2) is 0 Å². The maximum absolute atomic E-state index is 13.0. The summed E-state index contributed by atoms with van der Waals surface area (Å²) in [7, 11) is 0. The lowest BCUT2D eigenvalue weighted by Gasteiger charge is -2.34. The van der Waals surface area contributed by atoms with Crippen LogP contribution < -0.4 is 10.1 Å². The van der Waals surface area contributed by atoms with Crippen molar-refractivity contribution in [2.24, 2.45) is 0 Å². The summed E-state index contributed by atoms with van der Waals surface area (Å²) in [6, 6.07) is 15.6. The number of hydrogen-bond donors (Lipinski definition) is 1. The number of amides is 2. The molecule has 0 aromatic heterocycles. The molecule has 0 saturated carbocycles. The molecule has 3 rings (SSSR count). The van der Waals surface area contributed by atoms with Crippen molar-refractivity contribution >= 4 is 17.8 Å². The van der Waals surface area contributed by atoms with E-state index >= 15 is 0 Å². The molecule has 7 heteroatoms. The highest BCUT2D eigenvalue weighted by Gasteiger charge is 2.35. The topological polar surface area (TPSA) is 84.9 Å². The minimum Gasteiger partial charge on any atom is -0.494 e. The summed E-state index contributed by atoms with van der Waals surface area (Å²) in [6.07, 6.45) is 1.31. The molecule has 1 saturated heterocycles. The standard InChI is InChI=1S/C24H28N2O5/c1-2-15-30-20-10-8-19(9-11-20)24(29)26-14-13-25-23(28)21(26)17-22(27)31-16-12-18-6-4-3-5-7-18/h3-11,21H,2,12-17H2,1H3,(H,25,28)/t21-/m1/s1. The summed E-state index contributed by atoms with van der Waals surface area (Å²) in [6.45, 7) is 3.53. The van der Waals surface area contributed by atoms with Gasteiger partial charge < -0.3 is 19.7 Å². The van der Waals surface area contributed by atoms with Crippen LogP contribution in [-0.4, -0.2) is 55.0 Å². The van der Waals surface area contributed by atoms with Gasteiger partial charge in [0.2, 0.25) is 5.91 Å². The summed E-state index contributed by atoms with van der Waals surface area (Å²) < 4.78 is 10.9. The summed E-state index contributed by atoms with van der Waals surface area (Å²) in [5.41, 5.74) is 1.51. The van der Waals surface area contributed by atoms with Gasteiger partial charge >= 0.3 is 5.97 Å². The predicted molar refractivity (Wildman–Crippen MR) is 116 cm³/mol. The maximum Gasteiger partial charge on any atom is 0.308 e. The second kappa shape index (κ2) is 11.2. The van der Waals surface area contributed by atoms with E-state index in [0.29, 0.717) is 37.4 Å². The molecule has 31 heavy (non-hydrogen) atoms. The van der Waals surface area contributed by atoms with Gasteiger partial charge in [-0.15, -0.1) is 0 Å². The number of nitrogens with zero attached hydrogens (tertiary/aromatic N) is 1. The fraction of sp³-hybridized carbons (Fsp3) is 0.375. The highest BCUT2D eigenvalue weighted by Crippen LogP contribution is 2.18. The largest absolute Gasteiger partial charge is 0.494 e. The Bertz CT molecular complexity index is 883. The molecule has 2 aromatic rings. The molecule has 1 heterocycles. The number of esters is 1. The van der Waals surface area contributed by atoms with Crippen LogP contribution in [0.15, 0.2) is 54.6 Å². The van der Waals surface area contributed by atoms with Crippen LogP contribution in [0, 0.1) is 0 Å². The number of piperazine rings is 1. The van der Waals surface area contributed by atoms with E-state index in [1.165, 1.54) is 4.90 Å². The van der Waals surface area contributed by atoms with Crippen molar-refractivity contribution in [1.29, 1.82) is 0 Å². The van der Waals surface area contributed by atoms with E-state index in [1.54, 1.807) is 24.3 Å². The number of hydrogen-bond acceptors (Lipinski definition) is 5. The fourth-order valence-electron chi connectivity index (χ4n) is 3.38. The van der Waals surface area contributed by atoms with Crippen LogP contribution in [0.5, 0.6) is 5.75 Å². The molecule has 0 unspecified atom stereocenters. The summed E-state index contributed by atoms with van der Waals surface area (Å²) in [5.74, 6) is -0.450. The fourth-order valence-corrected chi connectivity index (χ4v) is 3.38. The molecule has 1 atom stereocenters. The number of carbonyl (C=O) groups excluding carboxylic acids is 3. The van der Waals surface area contributed by atoms with Crippen molar-refractivity contribution < 1.29 is 23.9 Å². The molecule has 1 N–H and O–H groups in total. The van der Waals surface area contributed by atoms with Crippen molar-refractivity contribution in [2.75, 3.05) is 26.3 Å². The number of nitrogens with one attached hydrogen (secondary N) is 1. The van der Waals surface area contributed by atoms with Crippen molar-refractivity contribution in [2.45, 2.75) is 32.2 Å². The predicted octanol–water partition coefficient (Wildman–Crippen LogP) is 2.59. The highest BCUT2D eigenvalue weighted by molar-refractivity contribution is 5.99. The van der Waals surface area contributed by atoms with Crippen molar-refractivity contribution in [3.05, 3.63) is 65.7 Å². The zero-order valence-corrected chi connectivity index (χ0v) is 17.7. The van der Waals surface area contributed by atoms with Gasteiger partial charge in [-0.3, -0.25) is 14.4 Å². The smallest absolute Gasteiger partial charge is 0.308 e. The average Bonchev–Trinajstić information content (AvgIpc) is 2.79. The number of ether oxygens (including phenoxy) is 2. The lowest BCUT2D eigenvalue weighted by Crippen LogP contribution is -2.57. The Morgan fingerprint density at radius 2 is 1.81 bits per heavy atom. The molecule has 1 aliphatic rings. The second-order valence-corrected chi connectivity index (χ2v) is 7.34. The van der Waals surface area contributed by atoms with E-state index in [0.717, 1.165) is 12.0 Å². The van der Waals surface area contributed by atoms with Gasteiger partial charge in [-0.05, 0) is 36.2 Å². The van der Waals surface area contributed by atoms with Crippen LogP contribution in [0.4, 0.5) is 0 Å². The Balaban J connectivity index is 1.59. The summed E-state index contributed by atoms with van der Waals surface area (Å²) in [4.78, 5) is 39.2. The van der Waals surface area contributed by atoms with Gasteiger partial charge in [0, 0.05) is 25.1 Å². The Labute approximate surface area is 182 Å². The van der Waals surface area contributed by atoms with Crippen LogP contribution >= 0.6 is 0 Å². The Morgan fingerprint density at radius 3 is 2.52 bits per heavy atom. The third-order valence-corrected chi connectivity index (χ3v) is 5.02. The van der Waals surface area contributed by atoms with Crippen LogP contribution in [-0.2, 0) is 20.7 Å². The Morgan fingerprint density at radius 1 is 1.06 bits per heavy atom. The van der Waals surface area contributed by atoms with Gasteiger partial charge in [-0.1, -0.05) is 37.3 Å². The summed E-state index contributed by atoms with van der Waals surface area (Å²) >= 11 is 0. The minimum atomic E-state index is -0.888. The highest BCUT2D eigenvalue weighted by atomic mass is 16.5. The molecule has 0 radical (unpaired) electrons. The van der Waals surface area contributed by atoms with Crippen molar-refractivity contribution in [3.8, 4) is 5.75 Å². The third-order valence-electron chi connectivity index (χ3n) is 5.02. The Hall–Kier alpha value is -3.35. The number of rotatable bonds is 9. The van der Waals surface area contributed by atoms with Crippen molar-refractivity contribution in [3.63, 3.8) is 0 Å². The van der Waals surface area contributed by atoms with Gasteiger partial charge in [0.15, 0.2) is 0 Å². The molecule has 0 aliphatic carbocycles. The van der Waals surface area contributed by atoms with Gasteiger partial charge in [0.05, 0.1) is 19.6 Å². The van der Waals surface area contributed by atoms with Crippen LogP contribution in [0.1, 0.15) is 35.7 Å². The molecule has 2 amide bonds. The third kappa shape index (κ3) is 6.31. The quantitative estimate of drug-likeness (QED) is 0.626. The van der Waals surface area contributed by atoms with Gasteiger partial charge in [0.1, 0.15) is 11.8 Å². The van der Waals surface area contributed by atoms with Crippen LogP contribution in [0.2, 0.25) is 0 Å². The molecular formula is C24H28N2O5. The lowest BCUT2D eigenvalue weighted by atomic mass is 10.1. The zero-order valence-electron chi connectivity index (χ0n) is 17.7. The number of carbonyl (C=O) groups is 3. The monoisotopic (exact) mass is 424 g/mol. The average molecular weight is 424 g/mol. The van der Waals surface area contributed by atoms with Crippen molar-refractivity contribution in [1.82, 2.24) is 10.2 Å². The maximum atomic E-state index is 13.0. The first kappa shape index (κ1) is 22.3. The first-order valence-electron chi connectivity index (χ1n) is 10.6. The zero-order chi connectivity index (χ0) is 22.1. The normalized spacial score (nSPS) is 15.8. The summed E-state index contributed by atoms with van der Waals surface area (Å²) in [5, 5.41) is 2.73. The Kier molecular flexibility index (Phi) is 8.04. The van der Waals surface area contributed by atoms with E-state index in [-0.39, 0.29) is 24.8 Å². The van der Waals surface area contributed by atoms with E-state index in [2.05, 4.69) is 5.32 Å². The molecule has 7 nitrogen and oxygen atoms in total. The molecule has 1 aliphatic heterocycles. The minimum absolute atomic E-state index is 0.177. The van der Waals surface area contributed by atoms with E-state index in [9.17, 15) is 14.4 Å². The lowest BCUT2D eigenvalue weighted by molar-refractivity contribution is -0.147. The van der Waals surface area contributed by atoms with E-state index < -0.39 is 12.0 Å². The number of benzene rings is 2. The molecule has 2 aromatic carbocycles. The van der Waals surface area contributed by atoms with Crippen LogP contribution in [0.3, 0.4) is 0 Å². The van der Waals surface area contributed by atoms with E-state index in [4.69, 9.17) is 9.47 Å².